The van der Waals surface area contributed by atoms with Gasteiger partial charge in [-0.15, -0.1) is 0 Å². The number of rotatable bonds is 4. The molecule has 0 aliphatic carbocycles. The SMILES string of the molecule is Cc1ccccc1OCC(=O)NS(C)(=O)=O. The van der Waals surface area contributed by atoms with Crippen molar-refractivity contribution in [2.24, 2.45) is 0 Å². The molecule has 0 spiro atoms. The summed E-state index contributed by atoms with van der Waals surface area (Å²) in [7, 11) is -3.52. The highest BCUT2D eigenvalue weighted by atomic mass is 32.2. The molecule has 0 aliphatic heterocycles. The molecule has 6 heteroatoms. The summed E-state index contributed by atoms with van der Waals surface area (Å²) in [6.45, 7) is 1.52. The zero-order valence-corrected chi connectivity index (χ0v) is 9.87. The topological polar surface area (TPSA) is 72.5 Å². The number of ether oxygens (including phenoxy) is 1. The van der Waals surface area contributed by atoms with Crippen LogP contribution in [0.3, 0.4) is 0 Å². The highest BCUT2D eigenvalue weighted by molar-refractivity contribution is 7.89. The van der Waals surface area contributed by atoms with E-state index in [-0.39, 0.29) is 6.61 Å². The van der Waals surface area contributed by atoms with Crippen molar-refractivity contribution in [3.8, 4) is 5.75 Å². The number of amides is 1. The van der Waals surface area contributed by atoms with Crippen LogP contribution >= 0.6 is 0 Å². The van der Waals surface area contributed by atoms with Crippen molar-refractivity contribution in [1.29, 1.82) is 0 Å². The molecule has 0 unspecified atom stereocenters. The number of hydrogen-bond donors (Lipinski definition) is 1. The van der Waals surface area contributed by atoms with Gasteiger partial charge in [-0.05, 0) is 18.6 Å². The molecule has 1 aromatic carbocycles. The van der Waals surface area contributed by atoms with Crippen molar-refractivity contribution in [1.82, 2.24) is 4.72 Å². The van der Waals surface area contributed by atoms with Gasteiger partial charge in [0, 0.05) is 0 Å². The number of hydrogen-bond acceptors (Lipinski definition) is 4. The van der Waals surface area contributed by atoms with Gasteiger partial charge in [-0.2, -0.15) is 0 Å². The third-order valence-corrected chi connectivity index (χ3v) is 2.35. The van der Waals surface area contributed by atoms with Gasteiger partial charge in [0.2, 0.25) is 10.0 Å². The molecule has 88 valence electrons. The van der Waals surface area contributed by atoms with Crippen LogP contribution in [0, 0.1) is 6.92 Å². The quantitative estimate of drug-likeness (QED) is 0.833. The van der Waals surface area contributed by atoms with Crippen LogP contribution in [0.2, 0.25) is 0 Å². The van der Waals surface area contributed by atoms with Gasteiger partial charge in [0.15, 0.2) is 6.61 Å². The van der Waals surface area contributed by atoms with Crippen molar-refractivity contribution in [2.75, 3.05) is 12.9 Å². The minimum atomic E-state index is -3.52. The molecule has 0 heterocycles. The Kier molecular flexibility index (Phi) is 3.89. The maximum Gasteiger partial charge on any atom is 0.271 e. The highest BCUT2D eigenvalue weighted by Gasteiger charge is 2.09. The van der Waals surface area contributed by atoms with Crippen LogP contribution in [-0.2, 0) is 14.8 Å². The Morgan fingerprint density at radius 1 is 1.38 bits per heavy atom. The third kappa shape index (κ3) is 4.31. The Hall–Kier alpha value is -1.56. The van der Waals surface area contributed by atoms with Crippen molar-refractivity contribution < 1.29 is 17.9 Å². The second-order valence-corrected chi connectivity index (χ2v) is 5.10. The lowest BCUT2D eigenvalue weighted by atomic mass is 10.2. The number of aryl methyl sites for hydroxylation is 1. The zero-order chi connectivity index (χ0) is 12.2. The van der Waals surface area contributed by atoms with Crippen LogP contribution < -0.4 is 9.46 Å². The van der Waals surface area contributed by atoms with Crippen LogP contribution in [0.15, 0.2) is 24.3 Å². The molecule has 0 aromatic heterocycles. The minimum absolute atomic E-state index is 0.322. The molecule has 1 aromatic rings. The summed E-state index contributed by atoms with van der Waals surface area (Å²) >= 11 is 0. The van der Waals surface area contributed by atoms with Gasteiger partial charge in [-0.3, -0.25) is 9.52 Å². The van der Waals surface area contributed by atoms with E-state index < -0.39 is 15.9 Å². The van der Waals surface area contributed by atoms with Crippen molar-refractivity contribution in [3.05, 3.63) is 29.8 Å². The molecule has 0 bridgehead atoms. The van der Waals surface area contributed by atoms with Crippen molar-refractivity contribution in [3.63, 3.8) is 0 Å². The largest absolute Gasteiger partial charge is 0.483 e. The first kappa shape index (κ1) is 12.5. The van der Waals surface area contributed by atoms with Crippen LogP contribution in [0.5, 0.6) is 5.75 Å². The predicted octanol–water partition coefficient (Wildman–Crippen LogP) is 0.450. The summed E-state index contributed by atoms with van der Waals surface area (Å²) in [5, 5.41) is 0. The smallest absolute Gasteiger partial charge is 0.271 e. The summed E-state index contributed by atoms with van der Waals surface area (Å²) in [6.07, 6.45) is 0.915. The van der Waals surface area contributed by atoms with Gasteiger partial charge in [-0.1, -0.05) is 18.2 Å². The fourth-order valence-electron chi connectivity index (χ4n) is 1.10. The van der Waals surface area contributed by atoms with Gasteiger partial charge in [0.25, 0.3) is 5.91 Å². The zero-order valence-electron chi connectivity index (χ0n) is 9.06. The first-order valence-corrected chi connectivity index (χ1v) is 6.46. The summed E-state index contributed by atoms with van der Waals surface area (Å²) in [5.74, 6) is -0.128. The number of nitrogens with one attached hydrogen (secondary N) is 1. The molecule has 0 atom stereocenters. The Morgan fingerprint density at radius 2 is 2.00 bits per heavy atom. The summed E-state index contributed by atoms with van der Waals surface area (Å²) < 4.78 is 28.4. The van der Waals surface area contributed by atoms with E-state index in [2.05, 4.69) is 0 Å². The van der Waals surface area contributed by atoms with Crippen molar-refractivity contribution in [2.45, 2.75) is 6.92 Å². The van der Waals surface area contributed by atoms with E-state index in [9.17, 15) is 13.2 Å². The fourth-order valence-corrected chi connectivity index (χ4v) is 1.57. The molecular formula is C10H13NO4S. The fraction of sp³-hybridized carbons (Fsp3) is 0.300. The van der Waals surface area contributed by atoms with Gasteiger partial charge in [-0.25, -0.2) is 8.42 Å². The first-order chi connectivity index (χ1) is 7.38. The molecule has 1 amide bonds. The lowest BCUT2D eigenvalue weighted by Gasteiger charge is -2.08. The summed E-state index contributed by atoms with van der Waals surface area (Å²) in [6, 6.07) is 7.17. The van der Waals surface area contributed by atoms with Crippen LogP contribution in [0.1, 0.15) is 5.56 Å². The molecule has 5 nitrogen and oxygen atoms in total. The van der Waals surface area contributed by atoms with E-state index in [1.807, 2.05) is 23.8 Å². The standard InChI is InChI=1S/C10H13NO4S/c1-8-5-3-4-6-9(8)15-7-10(12)11-16(2,13)14/h3-6H,7H2,1-2H3,(H,11,12). The lowest BCUT2D eigenvalue weighted by molar-refractivity contribution is -0.121. The Bertz CT molecular complexity index is 481. The summed E-state index contributed by atoms with van der Waals surface area (Å²) in [5.41, 5.74) is 0.884. The van der Waals surface area contributed by atoms with Crippen molar-refractivity contribution >= 4 is 15.9 Å². The molecule has 1 rings (SSSR count). The second-order valence-electron chi connectivity index (χ2n) is 3.35. The van der Waals surface area contributed by atoms with E-state index in [0.29, 0.717) is 5.75 Å². The van der Waals surface area contributed by atoms with Gasteiger partial charge < -0.3 is 4.74 Å². The Balaban J connectivity index is 2.53. The molecule has 0 aliphatic rings. The molecule has 16 heavy (non-hydrogen) atoms. The molecule has 0 saturated heterocycles. The molecule has 0 fully saturated rings. The monoisotopic (exact) mass is 243 g/mol. The van der Waals surface area contributed by atoms with Gasteiger partial charge in [0.05, 0.1) is 6.26 Å². The molecule has 0 saturated carbocycles. The average Bonchev–Trinajstić information content (AvgIpc) is 2.14. The Morgan fingerprint density at radius 3 is 2.56 bits per heavy atom. The lowest BCUT2D eigenvalue weighted by Crippen LogP contribution is -2.33. The highest BCUT2D eigenvalue weighted by Crippen LogP contribution is 2.15. The van der Waals surface area contributed by atoms with E-state index in [1.54, 1.807) is 12.1 Å². The van der Waals surface area contributed by atoms with E-state index in [0.717, 1.165) is 11.8 Å². The third-order valence-electron chi connectivity index (χ3n) is 1.75. The number of benzene rings is 1. The molecule has 1 N–H and O–H groups in total. The number of para-hydroxylation sites is 1. The number of sulfonamides is 1. The van der Waals surface area contributed by atoms with Gasteiger partial charge in [0.1, 0.15) is 5.75 Å². The predicted molar refractivity (Wildman–Crippen MR) is 59.7 cm³/mol. The van der Waals surface area contributed by atoms with Crippen LogP contribution in [-0.4, -0.2) is 27.2 Å². The number of carbonyl (C=O) groups excluding carboxylic acids is 1. The van der Waals surface area contributed by atoms with Crippen LogP contribution in [0.4, 0.5) is 0 Å². The number of carbonyl (C=O) groups is 1. The van der Waals surface area contributed by atoms with Crippen LogP contribution in [0.25, 0.3) is 0 Å². The Labute approximate surface area is 94.5 Å². The van der Waals surface area contributed by atoms with E-state index >= 15 is 0 Å². The summed E-state index contributed by atoms with van der Waals surface area (Å²) in [4.78, 5) is 11.1. The van der Waals surface area contributed by atoms with E-state index in [1.165, 1.54) is 0 Å². The average molecular weight is 243 g/mol. The minimum Gasteiger partial charge on any atom is -0.483 e. The molecular weight excluding hydrogens is 230 g/mol. The molecule has 0 radical (unpaired) electrons. The van der Waals surface area contributed by atoms with Gasteiger partial charge >= 0.3 is 0 Å². The first-order valence-electron chi connectivity index (χ1n) is 4.57. The van der Waals surface area contributed by atoms with E-state index in [4.69, 9.17) is 4.74 Å². The maximum atomic E-state index is 11.1. The normalized spacial score (nSPS) is 10.9. The second kappa shape index (κ2) is 4.98. The maximum absolute atomic E-state index is 11.1.